The Morgan fingerprint density at radius 1 is 1.02 bits per heavy atom. The van der Waals surface area contributed by atoms with Crippen LogP contribution in [0.4, 0.5) is 15.9 Å². The van der Waals surface area contributed by atoms with Crippen LogP contribution in [0.15, 0.2) is 31.2 Å². The van der Waals surface area contributed by atoms with E-state index in [0.717, 1.165) is 0 Å². The fourth-order valence-electron chi connectivity index (χ4n) is 5.29. The van der Waals surface area contributed by atoms with Gasteiger partial charge in [0.1, 0.15) is 48.0 Å². The highest BCUT2D eigenvalue weighted by Gasteiger charge is 2.51. The van der Waals surface area contributed by atoms with Crippen molar-refractivity contribution in [3.63, 3.8) is 0 Å². The van der Waals surface area contributed by atoms with Gasteiger partial charge in [-0.1, -0.05) is 0 Å². The summed E-state index contributed by atoms with van der Waals surface area (Å²) in [7, 11) is -9.46. The van der Waals surface area contributed by atoms with Crippen LogP contribution in [0.25, 0.3) is 22.3 Å². The van der Waals surface area contributed by atoms with Gasteiger partial charge in [0, 0.05) is 19.2 Å². The molecule has 43 heavy (non-hydrogen) atoms. The van der Waals surface area contributed by atoms with E-state index in [9.17, 15) is 17.9 Å². The van der Waals surface area contributed by atoms with E-state index < -0.39 is 74.3 Å². The minimum atomic E-state index is -4.83. The quantitative estimate of drug-likeness (QED) is 0.205. The van der Waals surface area contributed by atoms with Crippen LogP contribution in [-0.4, -0.2) is 91.1 Å². The first-order valence-electron chi connectivity index (χ1n) is 12.8. The summed E-state index contributed by atoms with van der Waals surface area (Å²) < 4.78 is 87.2. The molecule has 6 N–H and O–H groups in total. The molecule has 8 unspecified atom stereocenters. The van der Waals surface area contributed by atoms with E-state index in [1.165, 1.54) is 40.4 Å². The lowest BCUT2D eigenvalue weighted by Crippen LogP contribution is -2.44. The lowest BCUT2D eigenvalue weighted by molar-refractivity contribution is -0.0494. The van der Waals surface area contributed by atoms with E-state index >= 15 is 4.39 Å². The summed E-state index contributed by atoms with van der Waals surface area (Å²) in [6, 6.07) is 1.51. The van der Waals surface area contributed by atoms with Crippen LogP contribution in [0.1, 0.15) is 18.9 Å². The maximum Gasteiger partial charge on any atom is 0.472 e. The fraction of sp³-hybridized carbons (Fsp3) is 0.476. The Kier molecular flexibility index (Phi) is 6.83. The van der Waals surface area contributed by atoms with Crippen LogP contribution in [0.3, 0.4) is 0 Å². The van der Waals surface area contributed by atoms with E-state index in [1.807, 2.05) is 0 Å². The molecule has 4 aromatic rings. The molecule has 8 atom stereocenters. The third-order valence-corrected chi connectivity index (χ3v) is 9.29. The van der Waals surface area contributed by atoms with E-state index in [0.29, 0.717) is 11.2 Å². The van der Waals surface area contributed by atoms with Gasteiger partial charge in [-0.25, -0.2) is 38.1 Å². The number of aromatic nitrogens is 7. The zero-order valence-corrected chi connectivity index (χ0v) is 23.5. The van der Waals surface area contributed by atoms with Crippen LogP contribution in [0.2, 0.25) is 0 Å². The minimum Gasteiger partial charge on any atom is -0.397 e. The molecule has 3 aliphatic rings. The van der Waals surface area contributed by atoms with E-state index in [4.69, 9.17) is 34.2 Å². The second kappa shape index (κ2) is 10.4. The standard InChI is InChI=1S/C21H24FN10O9PS/c22-14-17-12(39-21(14)32-8-28-15-9(23)1-2-25-19(15)32)5-37-42(33,34)40-10-3-13(38-11(10)4-30-43(35,36)41-17)31-7-29-16-18(24)26-6-27-20(16)31/h1-2,6-8,10-14,17,21,30H,3-5H2,(H2,23,25)(H,33,34)(H2,24,26,27). The highest BCUT2D eigenvalue weighted by Crippen LogP contribution is 2.50. The molecule has 7 rings (SSSR count). The van der Waals surface area contributed by atoms with Gasteiger partial charge < -0.3 is 25.8 Å². The number of ether oxygens (including phenoxy) is 2. The number of anilines is 2. The molecule has 0 saturated carbocycles. The molecule has 3 fully saturated rings. The van der Waals surface area contributed by atoms with Gasteiger partial charge in [0.25, 0.3) is 0 Å². The molecule has 22 heteroatoms. The van der Waals surface area contributed by atoms with Crippen LogP contribution < -0.4 is 16.2 Å². The second-order valence-electron chi connectivity index (χ2n) is 9.95. The summed E-state index contributed by atoms with van der Waals surface area (Å²) in [6.07, 6.45) is -4.76. The smallest absolute Gasteiger partial charge is 0.397 e. The van der Waals surface area contributed by atoms with Gasteiger partial charge in [-0.05, 0) is 6.07 Å². The summed E-state index contributed by atoms with van der Waals surface area (Å²) in [6.45, 7) is -1.24. The summed E-state index contributed by atoms with van der Waals surface area (Å²) in [5.74, 6) is 0.130. The number of halogens is 1. The zero-order chi connectivity index (χ0) is 30.1. The minimum absolute atomic E-state index is 0.0302. The first kappa shape index (κ1) is 28.4. The first-order chi connectivity index (χ1) is 20.5. The third kappa shape index (κ3) is 5.11. The molecule has 0 bridgehead atoms. The van der Waals surface area contributed by atoms with Crippen molar-refractivity contribution in [3.8, 4) is 0 Å². The van der Waals surface area contributed by atoms with Crippen LogP contribution >= 0.6 is 7.82 Å². The van der Waals surface area contributed by atoms with Crippen molar-refractivity contribution in [1.29, 1.82) is 0 Å². The Bertz CT molecular complexity index is 1860. The Labute approximate surface area is 241 Å². The van der Waals surface area contributed by atoms with Gasteiger partial charge in [-0.2, -0.15) is 13.1 Å². The second-order valence-corrected chi connectivity index (χ2v) is 12.7. The number of nitrogens with zero attached hydrogens (tertiary/aromatic N) is 7. The number of phosphoric acid groups is 1. The van der Waals surface area contributed by atoms with Gasteiger partial charge in [0.05, 0.1) is 24.9 Å². The number of imidazole rings is 2. The number of nitrogens with one attached hydrogen (secondary N) is 1. The van der Waals surface area contributed by atoms with Crippen molar-refractivity contribution in [3.05, 3.63) is 31.2 Å². The van der Waals surface area contributed by atoms with Gasteiger partial charge in [-0.15, -0.1) is 0 Å². The molecule has 19 nitrogen and oxygen atoms in total. The van der Waals surface area contributed by atoms with E-state index in [2.05, 4.69) is 29.6 Å². The maximum atomic E-state index is 15.8. The molecule has 0 aliphatic carbocycles. The number of hydrogen-bond donors (Lipinski definition) is 4. The summed E-state index contributed by atoms with van der Waals surface area (Å²) in [5.41, 5.74) is 13.1. The fourth-order valence-corrected chi connectivity index (χ4v) is 7.21. The van der Waals surface area contributed by atoms with Gasteiger partial charge >= 0.3 is 18.1 Å². The summed E-state index contributed by atoms with van der Waals surface area (Å²) in [4.78, 5) is 31.1. The predicted molar refractivity (Wildman–Crippen MR) is 141 cm³/mol. The van der Waals surface area contributed by atoms with Crippen LogP contribution in [-0.2, 0) is 37.6 Å². The summed E-state index contributed by atoms with van der Waals surface area (Å²) >= 11 is 0. The van der Waals surface area contributed by atoms with E-state index in [1.54, 1.807) is 0 Å². The van der Waals surface area contributed by atoms with Crippen molar-refractivity contribution in [2.45, 2.75) is 49.5 Å². The number of nitrogen functional groups attached to an aromatic ring is 2. The topological polar surface area (TPSA) is 256 Å². The Morgan fingerprint density at radius 2 is 1.79 bits per heavy atom. The molecule has 3 aliphatic heterocycles. The molecule has 0 radical (unpaired) electrons. The molecule has 0 spiro atoms. The summed E-state index contributed by atoms with van der Waals surface area (Å²) in [5, 5.41) is 0. The Balaban J connectivity index is 1.15. The predicted octanol–water partition coefficient (Wildman–Crippen LogP) is -0.306. The maximum absolute atomic E-state index is 15.8. The SMILES string of the molecule is Nc1ncnc2c1ncn2C1CC2OP(=O)(O)OCC3OC(n4cnc5c(N)ccnc54)C(F)C3OS(=O)(=O)NCC2O1. The average Bonchev–Trinajstić information content (AvgIpc) is 3.72. The van der Waals surface area contributed by atoms with Crippen molar-refractivity contribution in [1.82, 2.24) is 38.8 Å². The van der Waals surface area contributed by atoms with Crippen LogP contribution in [0.5, 0.6) is 0 Å². The highest BCUT2D eigenvalue weighted by molar-refractivity contribution is 7.84. The zero-order valence-electron chi connectivity index (χ0n) is 21.8. The molecular formula is C21H24FN10O9PS. The lowest BCUT2D eigenvalue weighted by Gasteiger charge is -2.25. The number of hydrogen-bond acceptors (Lipinski definition) is 15. The molecule has 0 aromatic carbocycles. The van der Waals surface area contributed by atoms with Crippen molar-refractivity contribution in [2.24, 2.45) is 0 Å². The van der Waals surface area contributed by atoms with Crippen molar-refractivity contribution in [2.75, 3.05) is 24.6 Å². The monoisotopic (exact) mass is 642 g/mol. The third-order valence-electron chi connectivity index (χ3n) is 7.28. The molecule has 4 aromatic heterocycles. The number of pyridine rings is 1. The van der Waals surface area contributed by atoms with Crippen LogP contribution in [0, 0.1) is 0 Å². The number of alkyl halides is 1. The first-order valence-corrected chi connectivity index (χ1v) is 15.7. The largest absolute Gasteiger partial charge is 0.472 e. The van der Waals surface area contributed by atoms with Gasteiger partial charge in [0.15, 0.2) is 29.5 Å². The van der Waals surface area contributed by atoms with Crippen molar-refractivity contribution < 1.29 is 45.0 Å². The lowest BCUT2D eigenvalue weighted by atomic mass is 10.1. The number of nitrogens with two attached hydrogens (primary N) is 2. The molecule has 7 heterocycles. The van der Waals surface area contributed by atoms with E-state index in [-0.39, 0.29) is 29.1 Å². The number of phosphoric ester groups is 1. The highest BCUT2D eigenvalue weighted by atomic mass is 32.2. The molecule has 3 saturated heterocycles. The molecule has 230 valence electrons. The molecular weight excluding hydrogens is 618 g/mol. The van der Waals surface area contributed by atoms with Crippen molar-refractivity contribution >= 4 is 52.0 Å². The molecule has 0 amide bonds. The Hall–Kier alpha value is -3.40. The number of fused-ring (bicyclic) bond motifs is 4. The Morgan fingerprint density at radius 3 is 2.63 bits per heavy atom. The van der Waals surface area contributed by atoms with Gasteiger partial charge in [-0.3, -0.25) is 18.2 Å². The number of rotatable bonds is 2. The normalized spacial score (nSPS) is 34.9. The average molecular weight is 643 g/mol. The van der Waals surface area contributed by atoms with Gasteiger partial charge in [0.2, 0.25) is 0 Å².